The van der Waals surface area contributed by atoms with Gasteiger partial charge in [0, 0.05) is 0 Å². The van der Waals surface area contributed by atoms with Gasteiger partial charge in [-0.2, -0.15) is 10.5 Å². The Labute approximate surface area is 102 Å². The molecule has 0 atom stereocenters. The van der Waals surface area contributed by atoms with Crippen molar-refractivity contribution in [2.24, 2.45) is 0 Å². The molecular formula is C12H6N2O4. The van der Waals surface area contributed by atoms with Crippen molar-refractivity contribution in [1.82, 2.24) is 0 Å². The van der Waals surface area contributed by atoms with Crippen LogP contribution in [-0.2, 0) is 10.3 Å². The summed E-state index contributed by atoms with van der Waals surface area (Å²) in [5.74, 6) is -1.08. The number of hydrogen-bond donors (Lipinski definition) is 0. The van der Waals surface area contributed by atoms with Gasteiger partial charge >= 0.3 is 11.6 Å². The van der Waals surface area contributed by atoms with Crippen LogP contribution in [0.15, 0.2) is 45.6 Å². The van der Waals surface area contributed by atoms with Gasteiger partial charge in [-0.05, 0) is 24.3 Å². The Morgan fingerprint density at radius 1 is 1.17 bits per heavy atom. The Bertz CT molecular complexity index is 600. The zero-order valence-electron chi connectivity index (χ0n) is 8.99. The van der Waals surface area contributed by atoms with E-state index >= 15 is 0 Å². The van der Waals surface area contributed by atoms with Crippen LogP contribution in [0.2, 0.25) is 0 Å². The lowest BCUT2D eigenvalue weighted by Crippen LogP contribution is -2.28. The van der Waals surface area contributed by atoms with Gasteiger partial charge in [0.25, 0.3) is 0 Å². The highest BCUT2D eigenvalue weighted by molar-refractivity contribution is 5.87. The lowest BCUT2D eigenvalue weighted by molar-refractivity contribution is 0.0142. The van der Waals surface area contributed by atoms with Crippen molar-refractivity contribution >= 4 is 5.97 Å². The number of carbonyl (C=O) groups is 1. The average Bonchev–Trinajstić information content (AvgIpc) is 3.07. The third kappa shape index (κ3) is 1.83. The minimum absolute atomic E-state index is 0.0626. The van der Waals surface area contributed by atoms with Crippen LogP contribution in [0.4, 0.5) is 0 Å². The molecule has 0 aliphatic carbocycles. The van der Waals surface area contributed by atoms with Crippen LogP contribution in [-0.4, -0.2) is 5.97 Å². The van der Waals surface area contributed by atoms with Gasteiger partial charge in [-0.25, -0.2) is 4.79 Å². The molecule has 88 valence electrons. The Morgan fingerprint density at radius 2 is 1.83 bits per heavy atom. The molecular weight excluding hydrogens is 236 g/mol. The molecule has 0 N–H and O–H groups in total. The fourth-order valence-corrected chi connectivity index (χ4v) is 1.29. The topological polar surface area (TPSA) is 100 Å². The van der Waals surface area contributed by atoms with E-state index in [2.05, 4.69) is 0 Å². The lowest BCUT2D eigenvalue weighted by Gasteiger charge is -2.15. The van der Waals surface area contributed by atoms with Gasteiger partial charge in [-0.1, -0.05) is 0 Å². The molecule has 0 saturated carbocycles. The first kappa shape index (κ1) is 11.5. The maximum Gasteiger partial charge on any atom is 0.376 e. The molecule has 0 aliphatic heterocycles. The Hall–Kier alpha value is -2.99. The second-order valence-electron chi connectivity index (χ2n) is 3.25. The molecule has 2 rings (SSSR count). The van der Waals surface area contributed by atoms with Gasteiger partial charge < -0.3 is 13.6 Å². The predicted molar refractivity (Wildman–Crippen MR) is 55.7 cm³/mol. The standard InChI is InChI=1S/C12H6N2O4/c13-7-12(8-14,10-4-2-6-17-10)18-11(15)9-3-1-5-16-9/h1-6H. The zero-order valence-corrected chi connectivity index (χ0v) is 8.99. The zero-order chi connectivity index (χ0) is 13.0. The van der Waals surface area contributed by atoms with Crippen LogP contribution in [0.3, 0.4) is 0 Å². The molecule has 0 bridgehead atoms. The number of esters is 1. The van der Waals surface area contributed by atoms with E-state index in [0.717, 1.165) is 0 Å². The van der Waals surface area contributed by atoms with E-state index in [-0.39, 0.29) is 11.5 Å². The van der Waals surface area contributed by atoms with Crippen LogP contribution < -0.4 is 0 Å². The van der Waals surface area contributed by atoms with Gasteiger partial charge in [-0.15, -0.1) is 0 Å². The van der Waals surface area contributed by atoms with Crippen LogP contribution in [0, 0.1) is 22.7 Å². The van der Waals surface area contributed by atoms with Gasteiger partial charge in [0.1, 0.15) is 12.1 Å². The predicted octanol–water partition coefficient (Wildman–Crippen LogP) is 1.97. The fourth-order valence-electron chi connectivity index (χ4n) is 1.29. The van der Waals surface area contributed by atoms with E-state index in [9.17, 15) is 4.79 Å². The van der Waals surface area contributed by atoms with Crippen molar-refractivity contribution in [3.05, 3.63) is 48.3 Å². The monoisotopic (exact) mass is 242 g/mol. The maximum absolute atomic E-state index is 11.7. The first-order chi connectivity index (χ1) is 8.72. The molecule has 0 radical (unpaired) electrons. The van der Waals surface area contributed by atoms with Gasteiger partial charge in [-0.3, -0.25) is 0 Å². The molecule has 2 aromatic heterocycles. The number of nitrogens with zero attached hydrogens (tertiary/aromatic N) is 2. The van der Waals surface area contributed by atoms with E-state index in [4.69, 9.17) is 24.1 Å². The van der Waals surface area contributed by atoms with Gasteiger partial charge in [0.15, 0.2) is 5.76 Å². The molecule has 0 amide bonds. The van der Waals surface area contributed by atoms with E-state index in [1.165, 1.54) is 36.8 Å². The smallest absolute Gasteiger partial charge is 0.376 e. The molecule has 0 spiro atoms. The maximum atomic E-state index is 11.7. The second kappa shape index (κ2) is 4.48. The molecule has 0 saturated heterocycles. The number of nitriles is 2. The molecule has 18 heavy (non-hydrogen) atoms. The third-order valence-electron chi connectivity index (χ3n) is 2.15. The highest BCUT2D eigenvalue weighted by Crippen LogP contribution is 2.26. The van der Waals surface area contributed by atoms with E-state index in [1.807, 2.05) is 0 Å². The highest BCUT2D eigenvalue weighted by atomic mass is 16.6. The minimum atomic E-state index is -2.12. The molecule has 0 aliphatic rings. The van der Waals surface area contributed by atoms with E-state index < -0.39 is 11.6 Å². The Balaban J connectivity index is 2.32. The molecule has 2 heterocycles. The van der Waals surface area contributed by atoms with Crippen LogP contribution in [0.5, 0.6) is 0 Å². The highest BCUT2D eigenvalue weighted by Gasteiger charge is 2.41. The lowest BCUT2D eigenvalue weighted by atomic mass is 10.1. The van der Waals surface area contributed by atoms with Crippen molar-refractivity contribution in [3.63, 3.8) is 0 Å². The van der Waals surface area contributed by atoms with Crippen molar-refractivity contribution in [2.75, 3.05) is 0 Å². The quantitative estimate of drug-likeness (QED) is 0.762. The Kier molecular flexibility index (Phi) is 2.86. The number of carbonyl (C=O) groups excluding carboxylic acids is 1. The van der Waals surface area contributed by atoms with E-state index in [0.29, 0.717) is 0 Å². The van der Waals surface area contributed by atoms with Crippen LogP contribution >= 0.6 is 0 Å². The van der Waals surface area contributed by atoms with Crippen molar-refractivity contribution in [2.45, 2.75) is 5.60 Å². The largest absolute Gasteiger partial charge is 0.463 e. The normalized spacial score (nSPS) is 10.3. The average molecular weight is 242 g/mol. The summed E-state index contributed by atoms with van der Waals surface area (Å²) in [5, 5.41) is 18.1. The first-order valence-electron chi connectivity index (χ1n) is 4.85. The van der Waals surface area contributed by atoms with Gasteiger partial charge in [0.2, 0.25) is 5.76 Å². The summed E-state index contributed by atoms with van der Waals surface area (Å²) in [6.45, 7) is 0. The SMILES string of the molecule is N#CC(C#N)(OC(=O)c1ccco1)c1ccco1. The van der Waals surface area contributed by atoms with E-state index in [1.54, 1.807) is 12.1 Å². The number of furan rings is 2. The minimum Gasteiger partial charge on any atom is -0.463 e. The summed E-state index contributed by atoms with van der Waals surface area (Å²) in [5.41, 5.74) is -2.12. The molecule has 0 aromatic carbocycles. The number of rotatable bonds is 3. The fraction of sp³-hybridized carbons (Fsp3) is 0.0833. The van der Waals surface area contributed by atoms with Crippen LogP contribution in [0.1, 0.15) is 16.3 Å². The summed E-state index contributed by atoms with van der Waals surface area (Å²) >= 11 is 0. The summed E-state index contributed by atoms with van der Waals surface area (Å²) in [6.07, 6.45) is 2.56. The summed E-state index contributed by atoms with van der Waals surface area (Å²) in [4.78, 5) is 11.7. The molecule has 6 heteroatoms. The molecule has 6 nitrogen and oxygen atoms in total. The van der Waals surface area contributed by atoms with Crippen LogP contribution in [0.25, 0.3) is 0 Å². The second-order valence-corrected chi connectivity index (χ2v) is 3.25. The van der Waals surface area contributed by atoms with Crippen molar-refractivity contribution < 1.29 is 18.4 Å². The third-order valence-corrected chi connectivity index (χ3v) is 2.15. The van der Waals surface area contributed by atoms with Gasteiger partial charge in [0.05, 0.1) is 12.5 Å². The molecule has 0 fully saturated rings. The van der Waals surface area contributed by atoms with Crippen molar-refractivity contribution in [1.29, 1.82) is 10.5 Å². The Morgan fingerprint density at radius 3 is 2.33 bits per heavy atom. The molecule has 2 aromatic rings. The molecule has 0 unspecified atom stereocenters. The number of ether oxygens (including phenoxy) is 1. The summed E-state index contributed by atoms with van der Waals surface area (Å²) in [6, 6.07) is 8.96. The van der Waals surface area contributed by atoms with Crippen molar-refractivity contribution in [3.8, 4) is 12.1 Å². The summed E-state index contributed by atoms with van der Waals surface area (Å²) < 4.78 is 14.6. The number of hydrogen-bond acceptors (Lipinski definition) is 6. The first-order valence-corrected chi connectivity index (χ1v) is 4.85. The summed E-state index contributed by atoms with van der Waals surface area (Å²) in [7, 11) is 0.